The number of aliphatic hydroxyl groups is 1. The molecule has 1 amide bonds. The molecule has 0 saturated carbocycles. The van der Waals surface area contributed by atoms with Crippen LogP contribution < -0.4 is 5.32 Å². The van der Waals surface area contributed by atoms with E-state index in [9.17, 15) is 19.5 Å². The molecule has 9 nitrogen and oxygen atoms in total. The molecule has 0 aliphatic heterocycles. The lowest BCUT2D eigenvalue weighted by Gasteiger charge is -2.34. The number of carbonyl (C=O) groups is 3. The van der Waals surface area contributed by atoms with Gasteiger partial charge in [-0.15, -0.1) is 0 Å². The van der Waals surface area contributed by atoms with Crippen molar-refractivity contribution in [3.8, 4) is 0 Å². The number of aromatic nitrogens is 2. The van der Waals surface area contributed by atoms with Gasteiger partial charge in [0, 0.05) is 5.41 Å². The van der Waals surface area contributed by atoms with Crippen LogP contribution in [0, 0.1) is 11.3 Å². The highest BCUT2D eigenvalue weighted by Gasteiger charge is 2.46. The first-order valence-electron chi connectivity index (χ1n) is 10.5. The smallest absolute Gasteiger partial charge is 0.313 e. The van der Waals surface area contributed by atoms with Crippen molar-refractivity contribution in [2.75, 3.05) is 5.32 Å². The summed E-state index contributed by atoms with van der Waals surface area (Å²) in [6.07, 6.45) is 0.899. The fourth-order valence-corrected chi connectivity index (χ4v) is 2.72. The molecule has 2 N–H and O–H groups in total. The summed E-state index contributed by atoms with van der Waals surface area (Å²) >= 11 is 0. The van der Waals surface area contributed by atoms with Gasteiger partial charge in [0.2, 0.25) is 5.91 Å². The molecule has 1 rings (SSSR count). The molecule has 0 aliphatic rings. The molecule has 0 bridgehead atoms. The van der Waals surface area contributed by atoms with Crippen molar-refractivity contribution in [2.24, 2.45) is 11.3 Å². The Balaban J connectivity index is 3.43. The Morgan fingerprint density at radius 2 is 1.50 bits per heavy atom. The van der Waals surface area contributed by atoms with Crippen molar-refractivity contribution in [3.05, 3.63) is 18.0 Å². The number of anilines is 1. The number of nitrogens with zero attached hydrogens (tertiary/aromatic N) is 2. The Morgan fingerprint density at radius 1 is 0.969 bits per heavy atom. The first kappa shape index (κ1) is 27.5. The van der Waals surface area contributed by atoms with Gasteiger partial charge in [0.1, 0.15) is 28.4 Å². The Bertz CT molecular complexity index is 845. The predicted molar refractivity (Wildman–Crippen MR) is 119 cm³/mol. The molecule has 0 spiro atoms. The monoisotopic (exact) mass is 451 g/mol. The first-order chi connectivity index (χ1) is 14.2. The van der Waals surface area contributed by atoms with Gasteiger partial charge < -0.3 is 19.9 Å². The van der Waals surface area contributed by atoms with Crippen molar-refractivity contribution in [1.29, 1.82) is 0 Å². The molecule has 0 fully saturated rings. The first-order valence-corrected chi connectivity index (χ1v) is 10.5. The fraction of sp³-hybridized carbons (Fsp3) is 0.696. The highest BCUT2D eigenvalue weighted by Crippen LogP contribution is 2.37. The maximum atomic E-state index is 13.0. The van der Waals surface area contributed by atoms with Crippen LogP contribution in [0.15, 0.2) is 12.3 Å². The van der Waals surface area contributed by atoms with E-state index in [0.717, 1.165) is 0 Å². The van der Waals surface area contributed by atoms with Gasteiger partial charge >= 0.3 is 11.9 Å². The number of esters is 2. The maximum Gasteiger partial charge on any atom is 0.313 e. The van der Waals surface area contributed by atoms with E-state index in [4.69, 9.17) is 9.47 Å². The minimum absolute atomic E-state index is 0.0583. The van der Waals surface area contributed by atoms with E-state index in [2.05, 4.69) is 15.5 Å². The molecule has 0 aliphatic carbocycles. The summed E-state index contributed by atoms with van der Waals surface area (Å²) in [5.41, 5.74) is -4.23. The molecule has 2 atom stereocenters. The van der Waals surface area contributed by atoms with E-state index < -0.39 is 46.5 Å². The van der Waals surface area contributed by atoms with Crippen molar-refractivity contribution in [2.45, 2.75) is 92.5 Å². The maximum absolute atomic E-state index is 13.0. The SMILES string of the molecule is CC(C)(C)OC(=O)CC(C(=O)OC(C)(C)C)C(C)(O)c1nnccc1NC(=O)C(C)(C)C. The molecule has 2 unspecified atom stereocenters. The van der Waals surface area contributed by atoms with Crippen LogP contribution in [0.2, 0.25) is 0 Å². The van der Waals surface area contributed by atoms with E-state index in [0.29, 0.717) is 0 Å². The summed E-state index contributed by atoms with van der Waals surface area (Å²) in [5, 5.41) is 22.0. The van der Waals surface area contributed by atoms with Crippen molar-refractivity contribution >= 4 is 23.5 Å². The number of hydrogen-bond donors (Lipinski definition) is 2. The summed E-state index contributed by atoms with van der Waals surface area (Å²) in [6.45, 7) is 16.7. The second kappa shape index (κ2) is 9.52. The highest BCUT2D eigenvalue weighted by atomic mass is 16.6. The highest BCUT2D eigenvalue weighted by molar-refractivity contribution is 5.95. The molecular formula is C23H37N3O6. The van der Waals surface area contributed by atoms with Crippen molar-refractivity contribution in [3.63, 3.8) is 0 Å². The van der Waals surface area contributed by atoms with Gasteiger partial charge in [0.15, 0.2) is 0 Å². The second-order valence-electron chi connectivity index (χ2n) is 11.0. The minimum Gasteiger partial charge on any atom is -0.460 e. The third kappa shape index (κ3) is 8.18. The molecule has 1 aromatic heterocycles. The van der Waals surface area contributed by atoms with Crippen molar-refractivity contribution in [1.82, 2.24) is 10.2 Å². The average molecular weight is 452 g/mol. The molecule has 1 heterocycles. The fourth-order valence-electron chi connectivity index (χ4n) is 2.72. The number of carbonyl (C=O) groups excluding carboxylic acids is 3. The zero-order chi connectivity index (χ0) is 25.1. The molecular weight excluding hydrogens is 414 g/mol. The molecule has 0 aromatic carbocycles. The topological polar surface area (TPSA) is 128 Å². The molecule has 9 heteroatoms. The Labute approximate surface area is 190 Å². The van der Waals surface area contributed by atoms with Gasteiger partial charge in [-0.3, -0.25) is 14.4 Å². The van der Waals surface area contributed by atoms with Gasteiger partial charge in [0.05, 0.1) is 18.3 Å². The van der Waals surface area contributed by atoms with Gasteiger partial charge in [0.25, 0.3) is 0 Å². The molecule has 180 valence electrons. The summed E-state index contributed by atoms with van der Waals surface area (Å²) < 4.78 is 10.8. The predicted octanol–water partition coefficient (Wildman–Crippen LogP) is 3.36. The van der Waals surface area contributed by atoms with E-state index in [1.807, 2.05) is 0 Å². The van der Waals surface area contributed by atoms with Crippen LogP contribution in [-0.2, 0) is 29.5 Å². The lowest BCUT2D eigenvalue weighted by molar-refractivity contribution is -0.177. The van der Waals surface area contributed by atoms with E-state index in [1.54, 1.807) is 62.3 Å². The van der Waals surface area contributed by atoms with E-state index in [-0.39, 0.29) is 17.3 Å². The number of hydrogen-bond acceptors (Lipinski definition) is 8. The Kier molecular flexibility index (Phi) is 8.18. The van der Waals surface area contributed by atoms with E-state index >= 15 is 0 Å². The second-order valence-corrected chi connectivity index (χ2v) is 11.0. The van der Waals surface area contributed by atoms with Crippen molar-refractivity contribution < 1.29 is 29.0 Å². The lowest BCUT2D eigenvalue weighted by Crippen LogP contribution is -2.44. The summed E-state index contributed by atoms with van der Waals surface area (Å²) in [4.78, 5) is 38.1. The van der Waals surface area contributed by atoms with Gasteiger partial charge in [-0.25, -0.2) is 0 Å². The van der Waals surface area contributed by atoms with Crippen LogP contribution in [-0.4, -0.2) is 44.4 Å². The van der Waals surface area contributed by atoms with Crippen LogP contribution in [0.3, 0.4) is 0 Å². The molecule has 0 radical (unpaired) electrons. The zero-order valence-electron chi connectivity index (χ0n) is 20.8. The lowest BCUT2D eigenvalue weighted by atomic mass is 9.82. The normalized spacial score (nSPS) is 15.3. The molecule has 32 heavy (non-hydrogen) atoms. The zero-order valence-corrected chi connectivity index (χ0v) is 20.8. The summed E-state index contributed by atoms with van der Waals surface area (Å²) in [5.74, 6) is -3.16. The van der Waals surface area contributed by atoms with Crippen LogP contribution in [0.1, 0.15) is 81.4 Å². The third-order valence-corrected chi connectivity index (χ3v) is 4.29. The number of ether oxygens (including phenoxy) is 2. The third-order valence-electron chi connectivity index (χ3n) is 4.29. The number of nitrogens with one attached hydrogen (secondary N) is 1. The van der Waals surface area contributed by atoms with Crippen LogP contribution in [0.5, 0.6) is 0 Å². The number of rotatable bonds is 6. The summed E-state index contributed by atoms with van der Waals surface area (Å²) in [6, 6.07) is 1.47. The molecule has 1 aromatic rings. The largest absolute Gasteiger partial charge is 0.460 e. The van der Waals surface area contributed by atoms with Gasteiger partial charge in [-0.1, -0.05) is 20.8 Å². The Morgan fingerprint density at radius 3 is 1.97 bits per heavy atom. The van der Waals surface area contributed by atoms with Gasteiger partial charge in [-0.05, 0) is 54.5 Å². The quantitative estimate of drug-likeness (QED) is 0.630. The average Bonchev–Trinajstić information content (AvgIpc) is 2.55. The van der Waals surface area contributed by atoms with Crippen LogP contribution in [0.4, 0.5) is 5.69 Å². The van der Waals surface area contributed by atoms with E-state index in [1.165, 1.54) is 19.2 Å². The van der Waals surface area contributed by atoms with Crippen LogP contribution >= 0.6 is 0 Å². The molecule has 0 saturated heterocycles. The van der Waals surface area contributed by atoms with Gasteiger partial charge in [-0.2, -0.15) is 10.2 Å². The Hall–Kier alpha value is -2.55. The minimum atomic E-state index is -2.01. The number of amides is 1. The summed E-state index contributed by atoms with van der Waals surface area (Å²) in [7, 11) is 0. The van der Waals surface area contributed by atoms with Crippen LogP contribution in [0.25, 0.3) is 0 Å². The standard InChI is InChI=1S/C23H37N3O6/c1-20(2,3)19(29)25-15-11-12-24-26-17(15)23(10,30)14(18(28)32-22(7,8)9)13-16(27)31-21(4,5)6/h11-12,14,30H,13H2,1-10H3,(H,24,25,29).